The molecule has 3 rings (SSSR count). The molecule has 0 aromatic carbocycles. The molecule has 2 aromatic rings. The zero-order chi connectivity index (χ0) is 11.1. The highest BCUT2D eigenvalue weighted by Gasteiger charge is 2.21. The zero-order valence-corrected chi connectivity index (χ0v) is 10.3. The molecule has 1 aliphatic heterocycles. The smallest absolute Gasteiger partial charge is 0.223 e. The Morgan fingerprint density at radius 2 is 2.44 bits per heavy atom. The van der Waals surface area contributed by atoms with Gasteiger partial charge in [0.1, 0.15) is 6.61 Å². The maximum Gasteiger partial charge on any atom is 0.223 e. The van der Waals surface area contributed by atoms with Gasteiger partial charge in [0.25, 0.3) is 0 Å². The van der Waals surface area contributed by atoms with Crippen molar-refractivity contribution in [2.75, 3.05) is 6.61 Å². The summed E-state index contributed by atoms with van der Waals surface area (Å²) >= 11 is 3.42. The van der Waals surface area contributed by atoms with E-state index in [1.165, 1.54) is 0 Å². The molecule has 0 fully saturated rings. The van der Waals surface area contributed by atoms with Gasteiger partial charge in [0.15, 0.2) is 0 Å². The van der Waals surface area contributed by atoms with E-state index in [9.17, 15) is 0 Å². The van der Waals surface area contributed by atoms with Crippen LogP contribution in [0.5, 0.6) is 5.88 Å². The van der Waals surface area contributed by atoms with E-state index >= 15 is 0 Å². The predicted molar refractivity (Wildman–Crippen MR) is 63.4 cm³/mol. The fraction of sp³-hybridized carbons (Fsp3) is 0.273. The van der Waals surface area contributed by atoms with Crippen molar-refractivity contribution in [3.05, 3.63) is 29.0 Å². The van der Waals surface area contributed by atoms with Crippen molar-refractivity contribution in [1.82, 2.24) is 14.8 Å². The van der Waals surface area contributed by atoms with Gasteiger partial charge in [-0.25, -0.2) is 4.98 Å². The first-order chi connectivity index (χ1) is 7.75. The zero-order valence-electron chi connectivity index (χ0n) is 8.72. The molecule has 3 heterocycles. The molecular weight excluding hydrogens is 270 g/mol. The van der Waals surface area contributed by atoms with Gasteiger partial charge in [-0.3, -0.25) is 4.68 Å². The van der Waals surface area contributed by atoms with Crippen LogP contribution in [0.2, 0.25) is 0 Å². The summed E-state index contributed by atoms with van der Waals surface area (Å²) in [4.78, 5) is 4.28. The fourth-order valence-electron chi connectivity index (χ4n) is 1.87. The molecule has 4 nitrogen and oxygen atoms in total. The van der Waals surface area contributed by atoms with Crippen LogP contribution in [0.1, 0.15) is 13.0 Å². The van der Waals surface area contributed by atoms with E-state index in [-0.39, 0.29) is 6.04 Å². The molecule has 0 saturated heterocycles. The van der Waals surface area contributed by atoms with E-state index < -0.39 is 0 Å². The van der Waals surface area contributed by atoms with Crippen LogP contribution in [0.25, 0.3) is 11.3 Å². The molecule has 0 saturated carbocycles. The largest absolute Gasteiger partial charge is 0.475 e. The van der Waals surface area contributed by atoms with Crippen molar-refractivity contribution in [3.63, 3.8) is 0 Å². The number of nitrogens with zero attached hydrogens (tertiary/aromatic N) is 3. The second kappa shape index (κ2) is 3.59. The Hall–Kier alpha value is -1.36. The van der Waals surface area contributed by atoms with Crippen LogP contribution in [0.15, 0.2) is 29.0 Å². The summed E-state index contributed by atoms with van der Waals surface area (Å²) < 4.78 is 8.58. The molecule has 0 N–H and O–H groups in total. The van der Waals surface area contributed by atoms with Gasteiger partial charge < -0.3 is 4.74 Å². The molecule has 1 unspecified atom stereocenters. The summed E-state index contributed by atoms with van der Waals surface area (Å²) in [5.74, 6) is 0.675. The van der Waals surface area contributed by atoms with Crippen LogP contribution >= 0.6 is 15.9 Å². The van der Waals surface area contributed by atoms with Crippen LogP contribution in [-0.2, 0) is 0 Å². The molecule has 82 valence electrons. The summed E-state index contributed by atoms with van der Waals surface area (Å²) in [6, 6.07) is 4.21. The van der Waals surface area contributed by atoms with Gasteiger partial charge in [-0.05, 0) is 35.0 Å². The minimum absolute atomic E-state index is 0.220. The first-order valence-electron chi connectivity index (χ1n) is 5.08. The predicted octanol–water partition coefficient (Wildman–Crippen LogP) is 2.66. The molecule has 0 aliphatic carbocycles. The summed E-state index contributed by atoms with van der Waals surface area (Å²) in [6.45, 7) is 2.67. The average molecular weight is 280 g/mol. The Kier molecular flexibility index (Phi) is 2.21. The molecule has 0 spiro atoms. The summed E-state index contributed by atoms with van der Waals surface area (Å²) in [5.41, 5.74) is 2.03. The minimum Gasteiger partial charge on any atom is -0.475 e. The Labute approximate surface area is 101 Å². The van der Waals surface area contributed by atoms with Gasteiger partial charge in [-0.2, -0.15) is 5.10 Å². The molecule has 1 atom stereocenters. The quantitative estimate of drug-likeness (QED) is 0.744. The number of aromatic nitrogens is 3. The third kappa shape index (κ3) is 1.43. The maximum atomic E-state index is 5.66. The van der Waals surface area contributed by atoms with Crippen LogP contribution in [0.3, 0.4) is 0 Å². The first-order valence-corrected chi connectivity index (χ1v) is 5.87. The van der Waals surface area contributed by atoms with E-state index in [1.54, 1.807) is 6.20 Å². The van der Waals surface area contributed by atoms with Gasteiger partial charge in [0, 0.05) is 16.9 Å². The van der Waals surface area contributed by atoms with E-state index in [0.717, 1.165) is 15.7 Å². The highest BCUT2D eigenvalue weighted by Crippen LogP contribution is 2.34. The minimum atomic E-state index is 0.220. The highest BCUT2D eigenvalue weighted by molar-refractivity contribution is 9.10. The Morgan fingerprint density at radius 3 is 3.31 bits per heavy atom. The molecule has 16 heavy (non-hydrogen) atoms. The lowest BCUT2D eigenvalue weighted by molar-refractivity contribution is 0.252. The van der Waals surface area contributed by atoms with Gasteiger partial charge in [-0.1, -0.05) is 0 Å². The monoisotopic (exact) mass is 279 g/mol. The van der Waals surface area contributed by atoms with Crippen molar-refractivity contribution < 1.29 is 4.74 Å². The van der Waals surface area contributed by atoms with Crippen molar-refractivity contribution in [2.45, 2.75) is 13.0 Å². The maximum absolute atomic E-state index is 5.66. The number of halogens is 1. The molecule has 0 amide bonds. The normalized spacial score (nSPS) is 18.2. The number of pyridine rings is 1. The average Bonchev–Trinajstić information content (AvgIpc) is 2.71. The molecule has 0 radical (unpaired) electrons. The van der Waals surface area contributed by atoms with E-state index in [4.69, 9.17) is 4.74 Å². The summed E-state index contributed by atoms with van der Waals surface area (Å²) in [6.07, 6.45) is 3.55. The number of hydrogen-bond acceptors (Lipinski definition) is 3. The van der Waals surface area contributed by atoms with Gasteiger partial charge in [0.05, 0.1) is 17.3 Å². The Morgan fingerprint density at radius 1 is 1.56 bits per heavy atom. The van der Waals surface area contributed by atoms with Gasteiger partial charge in [-0.15, -0.1) is 0 Å². The topological polar surface area (TPSA) is 39.9 Å². The first kappa shape index (κ1) is 9.84. The standard InChI is InChI=1S/C11H10BrN3O/c1-7-6-16-11-9(4-8(12)5-13-11)10-2-3-14-15(7)10/h2-5,7H,6H2,1H3. The second-order valence-electron chi connectivity index (χ2n) is 3.83. The molecule has 2 aromatic heterocycles. The third-order valence-corrected chi connectivity index (χ3v) is 3.08. The van der Waals surface area contributed by atoms with Gasteiger partial charge in [0.2, 0.25) is 5.88 Å². The summed E-state index contributed by atoms with van der Waals surface area (Å²) in [7, 11) is 0. The lowest BCUT2D eigenvalue weighted by atomic mass is 10.2. The van der Waals surface area contributed by atoms with Crippen LogP contribution < -0.4 is 4.74 Å². The third-order valence-electron chi connectivity index (χ3n) is 2.64. The van der Waals surface area contributed by atoms with Crippen molar-refractivity contribution >= 4 is 15.9 Å². The molecule has 5 heteroatoms. The van der Waals surface area contributed by atoms with Crippen LogP contribution in [-0.4, -0.2) is 21.4 Å². The lowest BCUT2D eigenvalue weighted by Gasteiger charge is -2.10. The van der Waals surface area contributed by atoms with E-state index in [2.05, 4.69) is 32.9 Å². The van der Waals surface area contributed by atoms with Crippen LogP contribution in [0.4, 0.5) is 0 Å². The molecule has 1 aliphatic rings. The second-order valence-corrected chi connectivity index (χ2v) is 4.74. The number of rotatable bonds is 0. The fourth-order valence-corrected chi connectivity index (χ4v) is 2.21. The Bertz CT molecular complexity index is 538. The summed E-state index contributed by atoms with van der Waals surface area (Å²) in [5, 5.41) is 4.32. The number of ether oxygens (including phenoxy) is 1. The van der Waals surface area contributed by atoms with E-state index in [1.807, 2.05) is 23.0 Å². The van der Waals surface area contributed by atoms with Crippen molar-refractivity contribution in [1.29, 1.82) is 0 Å². The number of hydrogen-bond donors (Lipinski definition) is 0. The van der Waals surface area contributed by atoms with Gasteiger partial charge >= 0.3 is 0 Å². The lowest BCUT2D eigenvalue weighted by Crippen LogP contribution is -2.13. The number of fused-ring (bicyclic) bond motifs is 3. The Balaban J connectivity index is 2.26. The molecule has 0 bridgehead atoms. The van der Waals surface area contributed by atoms with E-state index in [0.29, 0.717) is 12.5 Å². The van der Waals surface area contributed by atoms with Crippen LogP contribution in [0, 0.1) is 0 Å². The SMILES string of the molecule is CC1COc2ncc(Br)cc2-c2ccnn21. The van der Waals surface area contributed by atoms with Crippen molar-refractivity contribution in [3.8, 4) is 17.1 Å². The molecular formula is C11H10BrN3O. The highest BCUT2D eigenvalue weighted by atomic mass is 79.9. The van der Waals surface area contributed by atoms with Crippen molar-refractivity contribution in [2.24, 2.45) is 0 Å².